The van der Waals surface area contributed by atoms with Crippen LogP contribution < -0.4 is 5.73 Å². The minimum atomic E-state index is 0.648. The van der Waals surface area contributed by atoms with Gasteiger partial charge in [-0.2, -0.15) is 0 Å². The van der Waals surface area contributed by atoms with Gasteiger partial charge in [-0.3, -0.25) is 0 Å². The van der Waals surface area contributed by atoms with Gasteiger partial charge in [0.25, 0.3) is 0 Å². The van der Waals surface area contributed by atoms with Crippen molar-refractivity contribution in [1.29, 1.82) is 0 Å². The molecule has 92 valence electrons. The minimum Gasteiger partial charge on any atom is -0.380 e. The van der Waals surface area contributed by atoms with E-state index in [4.69, 9.17) is 10.5 Å². The second kappa shape index (κ2) is 12.0. The van der Waals surface area contributed by atoms with E-state index in [0.717, 1.165) is 12.5 Å². The van der Waals surface area contributed by atoms with Crippen molar-refractivity contribution in [3.8, 4) is 0 Å². The summed E-state index contributed by atoms with van der Waals surface area (Å²) < 4.78 is 5.33. The van der Waals surface area contributed by atoms with Gasteiger partial charge in [0, 0.05) is 13.2 Å². The molecule has 0 rings (SSSR count). The van der Waals surface area contributed by atoms with Crippen LogP contribution in [0.1, 0.15) is 58.8 Å². The highest BCUT2D eigenvalue weighted by atomic mass is 16.5. The molecule has 15 heavy (non-hydrogen) atoms. The topological polar surface area (TPSA) is 35.2 Å². The molecule has 0 saturated carbocycles. The summed E-state index contributed by atoms with van der Waals surface area (Å²) >= 11 is 0. The first-order valence-electron chi connectivity index (χ1n) is 6.62. The number of nitrogens with two attached hydrogens (primary N) is 1. The normalized spacial score (nSPS) is 11.2. The average molecular weight is 215 g/mol. The van der Waals surface area contributed by atoms with Crippen LogP contribution in [0.2, 0.25) is 0 Å². The molecule has 0 fully saturated rings. The highest BCUT2D eigenvalue weighted by Gasteiger charge is 2.01. The van der Waals surface area contributed by atoms with Crippen molar-refractivity contribution in [3.63, 3.8) is 0 Å². The molecule has 2 N–H and O–H groups in total. The predicted molar refractivity (Wildman–Crippen MR) is 67.0 cm³/mol. The number of unbranched alkanes of at least 4 members (excludes halogenated alkanes) is 3. The van der Waals surface area contributed by atoms with Gasteiger partial charge in [0.05, 0.1) is 6.61 Å². The molecule has 0 heterocycles. The first-order chi connectivity index (χ1) is 7.35. The summed E-state index contributed by atoms with van der Waals surface area (Å²) in [6.45, 7) is 6.86. The fourth-order valence-corrected chi connectivity index (χ4v) is 1.87. The van der Waals surface area contributed by atoms with Crippen LogP contribution in [0.5, 0.6) is 0 Å². The Kier molecular flexibility index (Phi) is 11.9. The molecule has 0 amide bonds. The third-order valence-corrected chi connectivity index (χ3v) is 3.07. The first kappa shape index (κ1) is 14.9. The summed E-state index contributed by atoms with van der Waals surface area (Å²) in [6, 6.07) is 0. The van der Waals surface area contributed by atoms with Crippen molar-refractivity contribution in [2.24, 2.45) is 11.7 Å². The first-order valence-corrected chi connectivity index (χ1v) is 6.62. The second-order valence-electron chi connectivity index (χ2n) is 4.29. The predicted octanol–water partition coefficient (Wildman–Crippen LogP) is 3.35. The van der Waals surface area contributed by atoms with E-state index in [1.807, 2.05) is 0 Å². The average Bonchev–Trinajstić information content (AvgIpc) is 2.27. The van der Waals surface area contributed by atoms with Crippen molar-refractivity contribution in [1.82, 2.24) is 0 Å². The van der Waals surface area contributed by atoms with Crippen molar-refractivity contribution in [2.45, 2.75) is 58.8 Å². The van der Waals surface area contributed by atoms with Crippen LogP contribution in [0.15, 0.2) is 0 Å². The largest absolute Gasteiger partial charge is 0.380 e. The maximum absolute atomic E-state index is 5.33. The standard InChI is InChI=1S/C13H29NO/c1-3-13(4-2)9-7-5-6-8-11-15-12-10-14/h13H,3-12,14H2,1-2H3. The lowest BCUT2D eigenvalue weighted by Gasteiger charge is -2.11. The molecule has 0 aliphatic rings. The zero-order valence-corrected chi connectivity index (χ0v) is 10.6. The van der Waals surface area contributed by atoms with Crippen molar-refractivity contribution >= 4 is 0 Å². The molecular weight excluding hydrogens is 186 g/mol. The molecule has 0 aliphatic heterocycles. The van der Waals surface area contributed by atoms with Gasteiger partial charge in [-0.15, -0.1) is 0 Å². The van der Waals surface area contributed by atoms with Gasteiger partial charge in [0.2, 0.25) is 0 Å². The molecule has 0 radical (unpaired) electrons. The van der Waals surface area contributed by atoms with Crippen molar-refractivity contribution < 1.29 is 4.74 Å². The van der Waals surface area contributed by atoms with Crippen LogP contribution in [0.25, 0.3) is 0 Å². The van der Waals surface area contributed by atoms with E-state index in [1.54, 1.807) is 0 Å². The van der Waals surface area contributed by atoms with Crippen LogP contribution in [-0.2, 0) is 4.74 Å². The Bertz CT molecular complexity index is 113. The van der Waals surface area contributed by atoms with E-state index in [0.29, 0.717) is 13.2 Å². The quantitative estimate of drug-likeness (QED) is 0.536. The lowest BCUT2D eigenvalue weighted by molar-refractivity contribution is 0.137. The van der Waals surface area contributed by atoms with Crippen molar-refractivity contribution in [2.75, 3.05) is 19.8 Å². The summed E-state index contributed by atoms with van der Waals surface area (Å²) in [5.74, 6) is 0.957. The van der Waals surface area contributed by atoms with E-state index < -0.39 is 0 Å². The number of ether oxygens (including phenoxy) is 1. The number of hydrogen-bond donors (Lipinski definition) is 1. The Labute approximate surface area is 95.6 Å². The lowest BCUT2D eigenvalue weighted by atomic mass is 9.96. The maximum atomic E-state index is 5.33. The SMILES string of the molecule is CCC(CC)CCCCCCOCCN. The summed E-state index contributed by atoms with van der Waals surface area (Å²) in [4.78, 5) is 0. The Hall–Kier alpha value is -0.0800. The summed E-state index contributed by atoms with van der Waals surface area (Å²) in [6.07, 6.45) is 9.36. The molecule has 0 unspecified atom stereocenters. The third kappa shape index (κ3) is 10.2. The molecule has 0 bridgehead atoms. The molecule has 2 heteroatoms. The van der Waals surface area contributed by atoms with E-state index in [2.05, 4.69) is 13.8 Å². The molecule has 0 atom stereocenters. The van der Waals surface area contributed by atoms with E-state index in [1.165, 1.54) is 44.9 Å². The van der Waals surface area contributed by atoms with Crippen LogP contribution >= 0.6 is 0 Å². The lowest BCUT2D eigenvalue weighted by Crippen LogP contribution is -2.08. The van der Waals surface area contributed by atoms with Crippen LogP contribution in [0.4, 0.5) is 0 Å². The fraction of sp³-hybridized carbons (Fsp3) is 1.00. The van der Waals surface area contributed by atoms with Crippen LogP contribution in [-0.4, -0.2) is 19.8 Å². The third-order valence-electron chi connectivity index (χ3n) is 3.07. The molecule has 0 aromatic rings. The summed E-state index contributed by atoms with van der Waals surface area (Å²) in [7, 11) is 0. The van der Waals surface area contributed by atoms with E-state index in [9.17, 15) is 0 Å². The van der Waals surface area contributed by atoms with Gasteiger partial charge in [-0.25, -0.2) is 0 Å². The van der Waals surface area contributed by atoms with Gasteiger partial charge >= 0.3 is 0 Å². The Morgan fingerprint density at radius 1 is 0.933 bits per heavy atom. The highest BCUT2D eigenvalue weighted by molar-refractivity contribution is 4.55. The summed E-state index contributed by atoms with van der Waals surface area (Å²) in [5.41, 5.74) is 5.33. The summed E-state index contributed by atoms with van der Waals surface area (Å²) in [5, 5.41) is 0. The van der Waals surface area contributed by atoms with E-state index >= 15 is 0 Å². The molecule has 0 aromatic heterocycles. The fourth-order valence-electron chi connectivity index (χ4n) is 1.87. The second-order valence-corrected chi connectivity index (χ2v) is 4.29. The van der Waals surface area contributed by atoms with Crippen LogP contribution in [0.3, 0.4) is 0 Å². The van der Waals surface area contributed by atoms with Crippen LogP contribution in [0, 0.1) is 5.92 Å². The van der Waals surface area contributed by atoms with E-state index in [-0.39, 0.29) is 0 Å². The maximum Gasteiger partial charge on any atom is 0.0588 e. The van der Waals surface area contributed by atoms with Gasteiger partial charge in [-0.05, 0) is 12.3 Å². The molecular formula is C13H29NO. The smallest absolute Gasteiger partial charge is 0.0588 e. The Morgan fingerprint density at radius 2 is 1.60 bits per heavy atom. The molecule has 0 aromatic carbocycles. The molecule has 0 spiro atoms. The minimum absolute atomic E-state index is 0.648. The van der Waals surface area contributed by atoms with Crippen molar-refractivity contribution in [3.05, 3.63) is 0 Å². The zero-order chi connectivity index (χ0) is 11.4. The Balaban J connectivity index is 3.04. The van der Waals surface area contributed by atoms with Gasteiger partial charge < -0.3 is 10.5 Å². The van der Waals surface area contributed by atoms with Gasteiger partial charge in [0.15, 0.2) is 0 Å². The highest BCUT2D eigenvalue weighted by Crippen LogP contribution is 2.16. The molecule has 0 saturated heterocycles. The molecule has 2 nitrogen and oxygen atoms in total. The number of rotatable bonds is 11. The Morgan fingerprint density at radius 3 is 2.20 bits per heavy atom. The zero-order valence-electron chi connectivity index (χ0n) is 10.6. The monoisotopic (exact) mass is 215 g/mol. The van der Waals surface area contributed by atoms with Gasteiger partial charge in [0.1, 0.15) is 0 Å². The number of hydrogen-bond acceptors (Lipinski definition) is 2. The van der Waals surface area contributed by atoms with Gasteiger partial charge in [-0.1, -0.05) is 52.4 Å². The molecule has 0 aliphatic carbocycles.